The average Bonchev–Trinajstić information content (AvgIpc) is 2.61. The highest BCUT2D eigenvalue weighted by molar-refractivity contribution is 9.10. The van der Waals surface area contributed by atoms with Gasteiger partial charge < -0.3 is 10.0 Å². The lowest BCUT2D eigenvalue weighted by Crippen LogP contribution is -2.25. The second kappa shape index (κ2) is 10.4. The van der Waals surface area contributed by atoms with Gasteiger partial charge in [-0.2, -0.15) is 0 Å². The van der Waals surface area contributed by atoms with E-state index in [1.54, 1.807) is 23.9 Å². The number of sulfonamides is 1. The highest BCUT2D eigenvalue weighted by Gasteiger charge is 2.22. The predicted octanol–water partition coefficient (Wildman–Crippen LogP) is 5.70. The van der Waals surface area contributed by atoms with E-state index in [9.17, 15) is 13.5 Å². The number of phenolic OH excluding ortho intramolecular Hbond substituents is 1. The molecule has 5 nitrogen and oxygen atoms in total. The van der Waals surface area contributed by atoms with E-state index in [1.807, 2.05) is 0 Å². The van der Waals surface area contributed by atoms with Crippen LogP contribution in [0.1, 0.15) is 13.8 Å². The molecule has 0 saturated carbocycles. The molecule has 2 aromatic carbocycles. The van der Waals surface area contributed by atoms with Crippen molar-refractivity contribution in [2.45, 2.75) is 23.6 Å². The number of nitrogens with zero attached hydrogens (tertiary/aromatic N) is 1. The summed E-state index contributed by atoms with van der Waals surface area (Å²) in [6.07, 6.45) is 0. The van der Waals surface area contributed by atoms with Crippen LogP contribution in [0, 0.1) is 0 Å². The molecule has 0 saturated heterocycles. The van der Waals surface area contributed by atoms with Crippen LogP contribution in [0.4, 0.5) is 5.69 Å². The minimum absolute atomic E-state index is 0.0616. The van der Waals surface area contributed by atoms with E-state index in [2.05, 4.69) is 39.4 Å². The van der Waals surface area contributed by atoms with Gasteiger partial charge in [-0.05, 0) is 43.4 Å². The van der Waals surface area contributed by atoms with Crippen molar-refractivity contribution in [1.82, 2.24) is 4.90 Å². The molecular weight excluding hydrogens is 507 g/mol. The van der Waals surface area contributed by atoms with E-state index in [0.717, 1.165) is 30.3 Å². The number of benzene rings is 2. The maximum Gasteiger partial charge on any atom is 0.265 e. The standard InChI is InChI=1S/C18H21BrCl2N2O3S2/c1-3-23(4-2)5-6-27-15-10-13(20)9-14(11-15)22-28(25,26)17-8-12(19)7-16(21)18(17)24/h7-11,22,24H,3-6H2,1-2H3. The molecule has 0 fully saturated rings. The van der Waals surface area contributed by atoms with E-state index < -0.39 is 15.8 Å². The van der Waals surface area contributed by atoms with Crippen molar-refractivity contribution in [3.8, 4) is 5.75 Å². The second-order valence-electron chi connectivity index (χ2n) is 5.89. The summed E-state index contributed by atoms with van der Waals surface area (Å²) in [5, 5.41) is 10.4. The first-order valence-electron chi connectivity index (χ1n) is 8.52. The van der Waals surface area contributed by atoms with Crippen LogP contribution in [-0.2, 0) is 10.0 Å². The quantitative estimate of drug-likeness (QED) is 0.409. The molecule has 0 atom stereocenters. The number of rotatable bonds is 9. The molecule has 0 aliphatic heterocycles. The van der Waals surface area contributed by atoms with Crippen molar-refractivity contribution >= 4 is 66.6 Å². The fourth-order valence-electron chi connectivity index (χ4n) is 2.49. The van der Waals surface area contributed by atoms with Crippen LogP contribution in [0.25, 0.3) is 0 Å². The lowest BCUT2D eigenvalue weighted by atomic mass is 10.3. The molecule has 0 aliphatic carbocycles. The maximum absolute atomic E-state index is 12.7. The number of halogens is 3. The molecule has 0 radical (unpaired) electrons. The third-order valence-electron chi connectivity index (χ3n) is 3.98. The van der Waals surface area contributed by atoms with E-state index in [1.165, 1.54) is 18.2 Å². The first-order valence-corrected chi connectivity index (χ1v) is 12.5. The van der Waals surface area contributed by atoms with Crippen molar-refractivity contribution in [2.75, 3.05) is 30.1 Å². The second-order valence-corrected chi connectivity index (χ2v) is 10.5. The van der Waals surface area contributed by atoms with Crippen LogP contribution in [0.3, 0.4) is 0 Å². The van der Waals surface area contributed by atoms with Gasteiger partial charge in [0.2, 0.25) is 0 Å². The van der Waals surface area contributed by atoms with Crippen LogP contribution in [-0.4, -0.2) is 43.8 Å². The summed E-state index contributed by atoms with van der Waals surface area (Å²) < 4.78 is 28.3. The number of anilines is 1. The van der Waals surface area contributed by atoms with Crippen LogP contribution < -0.4 is 4.72 Å². The minimum Gasteiger partial charge on any atom is -0.505 e. The molecule has 2 aromatic rings. The lowest BCUT2D eigenvalue weighted by molar-refractivity contribution is 0.324. The molecule has 0 spiro atoms. The third-order valence-corrected chi connectivity index (χ3v) is 7.29. The Kier molecular flexibility index (Phi) is 8.79. The molecule has 28 heavy (non-hydrogen) atoms. The number of aromatic hydroxyl groups is 1. The van der Waals surface area contributed by atoms with Gasteiger partial charge in [0.05, 0.1) is 10.7 Å². The Morgan fingerprint density at radius 3 is 2.46 bits per heavy atom. The molecule has 0 unspecified atom stereocenters. The van der Waals surface area contributed by atoms with Gasteiger partial charge >= 0.3 is 0 Å². The van der Waals surface area contributed by atoms with Crippen molar-refractivity contribution < 1.29 is 13.5 Å². The van der Waals surface area contributed by atoms with E-state index in [0.29, 0.717) is 15.2 Å². The zero-order chi connectivity index (χ0) is 20.9. The normalized spacial score (nSPS) is 11.8. The molecule has 0 heterocycles. The fraction of sp³-hybridized carbons (Fsp3) is 0.333. The highest BCUT2D eigenvalue weighted by atomic mass is 79.9. The monoisotopic (exact) mass is 526 g/mol. The molecule has 0 bridgehead atoms. The third kappa shape index (κ3) is 6.43. The topological polar surface area (TPSA) is 69.6 Å². The SMILES string of the molecule is CCN(CC)CCSc1cc(Cl)cc(NS(=O)(=O)c2cc(Br)cc(Cl)c2O)c1. The summed E-state index contributed by atoms with van der Waals surface area (Å²) in [6.45, 7) is 7.12. The highest BCUT2D eigenvalue weighted by Crippen LogP contribution is 2.36. The summed E-state index contributed by atoms with van der Waals surface area (Å²) >= 11 is 16.8. The fourth-order valence-corrected chi connectivity index (χ4v) is 6.00. The van der Waals surface area contributed by atoms with Gasteiger partial charge in [0, 0.05) is 26.7 Å². The molecule has 0 amide bonds. The van der Waals surface area contributed by atoms with Gasteiger partial charge in [0.1, 0.15) is 4.90 Å². The molecule has 0 aliphatic rings. The van der Waals surface area contributed by atoms with Crippen LogP contribution in [0.2, 0.25) is 10.0 Å². The van der Waals surface area contributed by atoms with Crippen molar-refractivity contribution in [3.05, 3.63) is 44.8 Å². The van der Waals surface area contributed by atoms with Gasteiger partial charge in [-0.25, -0.2) is 8.42 Å². The summed E-state index contributed by atoms with van der Waals surface area (Å²) in [5.41, 5.74) is 0.313. The first-order chi connectivity index (χ1) is 13.2. The zero-order valence-corrected chi connectivity index (χ0v) is 20.1. The smallest absolute Gasteiger partial charge is 0.265 e. The Morgan fingerprint density at radius 2 is 1.82 bits per heavy atom. The molecule has 10 heteroatoms. The van der Waals surface area contributed by atoms with E-state index in [-0.39, 0.29) is 9.92 Å². The van der Waals surface area contributed by atoms with Crippen LogP contribution in [0.5, 0.6) is 5.75 Å². The van der Waals surface area contributed by atoms with Gasteiger partial charge in [0.15, 0.2) is 5.75 Å². The Balaban J connectivity index is 2.21. The van der Waals surface area contributed by atoms with Gasteiger partial charge in [-0.1, -0.05) is 53.0 Å². The first kappa shape index (κ1) is 23.6. The van der Waals surface area contributed by atoms with E-state index >= 15 is 0 Å². The van der Waals surface area contributed by atoms with E-state index in [4.69, 9.17) is 23.2 Å². The van der Waals surface area contributed by atoms with Crippen LogP contribution in [0.15, 0.2) is 44.6 Å². The molecule has 154 valence electrons. The largest absolute Gasteiger partial charge is 0.505 e. The number of nitrogens with one attached hydrogen (secondary N) is 1. The Hall–Kier alpha value is -0.640. The van der Waals surface area contributed by atoms with Crippen molar-refractivity contribution in [2.24, 2.45) is 0 Å². The molecule has 0 aromatic heterocycles. The van der Waals surface area contributed by atoms with Gasteiger partial charge in [-0.15, -0.1) is 11.8 Å². The average molecular weight is 528 g/mol. The Bertz CT molecular complexity index is 939. The predicted molar refractivity (Wildman–Crippen MR) is 122 cm³/mol. The number of hydrogen-bond acceptors (Lipinski definition) is 5. The van der Waals surface area contributed by atoms with Crippen LogP contribution >= 0.6 is 50.9 Å². The summed E-state index contributed by atoms with van der Waals surface area (Å²) in [7, 11) is -4.05. The maximum atomic E-state index is 12.7. The number of thioether (sulfide) groups is 1. The summed E-state index contributed by atoms with van der Waals surface area (Å²) in [4.78, 5) is 2.84. The molecule has 2 N–H and O–H groups in total. The van der Waals surface area contributed by atoms with Gasteiger partial charge in [-0.3, -0.25) is 4.72 Å². The van der Waals surface area contributed by atoms with Crippen molar-refractivity contribution in [3.63, 3.8) is 0 Å². The lowest BCUT2D eigenvalue weighted by Gasteiger charge is -2.17. The molecular formula is C18H21BrCl2N2O3S2. The summed E-state index contributed by atoms with van der Waals surface area (Å²) in [5.74, 6) is 0.351. The molecule has 2 rings (SSSR count). The number of hydrogen-bond donors (Lipinski definition) is 2. The summed E-state index contributed by atoms with van der Waals surface area (Å²) in [6, 6.07) is 7.73. The number of phenols is 1. The van der Waals surface area contributed by atoms with Gasteiger partial charge in [0.25, 0.3) is 10.0 Å². The van der Waals surface area contributed by atoms with Crippen molar-refractivity contribution in [1.29, 1.82) is 0 Å². The minimum atomic E-state index is -4.05. The Morgan fingerprint density at radius 1 is 1.14 bits per heavy atom. The zero-order valence-electron chi connectivity index (χ0n) is 15.4. The Labute approximate surface area is 188 Å².